The molecule has 19 heavy (non-hydrogen) atoms. The van der Waals surface area contributed by atoms with E-state index in [4.69, 9.17) is 9.78 Å². The molecule has 0 atom stereocenters. The Morgan fingerprint density at radius 2 is 1.53 bits per heavy atom. The fourth-order valence-corrected chi connectivity index (χ4v) is 2.00. The summed E-state index contributed by atoms with van der Waals surface area (Å²) in [6.45, 7) is 12.0. The van der Waals surface area contributed by atoms with E-state index in [1.54, 1.807) is 0 Å². The SMILES string of the molecule is CCCCCCC(C)(C)C(=O)OOC(C)(C)CCC. The Kier molecular flexibility index (Phi) is 8.31. The maximum atomic E-state index is 12.0. The van der Waals surface area contributed by atoms with Gasteiger partial charge in [0.1, 0.15) is 5.60 Å². The van der Waals surface area contributed by atoms with Crippen LogP contribution in [-0.4, -0.2) is 11.6 Å². The van der Waals surface area contributed by atoms with Crippen molar-refractivity contribution in [2.24, 2.45) is 5.41 Å². The lowest BCUT2D eigenvalue weighted by molar-refractivity contribution is -0.331. The second-order valence-electron chi connectivity index (χ2n) is 6.66. The molecule has 0 rings (SSSR count). The highest BCUT2D eigenvalue weighted by Crippen LogP contribution is 2.27. The summed E-state index contributed by atoms with van der Waals surface area (Å²) in [5.74, 6) is -0.256. The van der Waals surface area contributed by atoms with Gasteiger partial charge in [-0.05, 0) is 40.5 Å². The largest absolute Gasteiger partial charge is 0.347 e. The Morgan fingerprint density at radius 1 is 0.895 bits per heavy atom. The highest BCUT2D eigenvalue weighted by Gasteiger charge is 2.31. The Balaban J connectivity index is 4.09. The first-order valence-corrected chi connectivity index (χ1v) is 7.65. The molecule has 0 aromatic heterocycles. The van der Waals surface area contributed by atoms with Crippen molar-refractivity contribution in [3.05, 3.63) is 0 Å². The highest BCUT2D eigenvalue weighted by atomic mass is 17.2. The third-order valence-corrected chi connectivity index (χ3v) is 3.40. The third-order valence-electron chi connectivity index (χ3n) is 3.40. The van der Waals surface area contributed by atoms with Crippen LogP contribution in [0.2, 0.25) is 0 Å². The van der Waals surface area contributed by atoms with Crippen LogP contribution in [0, 0.1) is 5.41 Å². The van der Waals surface area contributed by atoms with Crippen LogP contribution in [0.15, 0.2) is 0 Å². The molecular weight excluding hydrogens is 240 g/mol. The summed E-state index contributed by atoms with van der Waals surface area (Å²) in [6.07, 6.45) is 7.40. The molecule has 0 amide bonds. The standard InChI is InChI=1S/C16H32O3/c1-7-9-10-11-13-15(3,4)14(17)18-19-16(5,6)12-8-2/h7-13H2,1-6H3. The van der Waals surface area contributed by atoms with E-state index in [0.29, 0.717) is 0 Å². The summed E-state index contributed by atoms with van der Waals surface area (Å²) < 4.78 is 0. The van der Waals surface area contributed by atoms with Gasteiger partial charge in [0.15, 0.2) is 0 Å². The number of carbonyl (C=O) groups excluding carboxylic acids is 1. The summed E-state index contributed by atoms with van der Waals surface area (Å²) in [4.78, 5) is 22.4. The fourth-order valence-electron chi connectivity index (χ4n) is 2.00. The lowest BCUT2D eigenvalue weighted by atomic mass is 9.87. The van der Waals surface area contributed by atoms with Gasteiger partial charge in [-0.15, -0.1) is 0 Å². The van der Waals surface area contributed by atoms with Crippen molar-refractivity contribution in [1.82, 2.24) is 0 Å². The van der Waals surface area contributed by atoms with Crippen LogP contribution in [0.5, 0.6) is 0 Å². The van der Waals surface area contributed by atoms with Crippen molar-refractivity contribution < 1.29 is 14.6 Å². The van der Waals surface area contributed by atoms with Gasteiger partial charge in [-0.25, -0.2) is 4.79 Å². The molecule has 0 saturated heterocycles. The van der Waals surface area contributed by atoms with E-state index in [9.17, 15) is 4.79 Å². The topological polar surface area (TPSA) is 35.5 Å². The predicted molar refractivity (Wildman–Crippen MR) is 78.7 cm³/mol. The minimum atomic E-state index is -0.462. The Hall–Kier alpha value is -0.570. The first-order valence-electron chi connectivity index (χ1n) is 7.65. The number of hydrogen-bond donors (Lipinski definition) is 0. The second kappa shape index (κ2) is 8.57. The normalized spacial score (nSPS) is 12.5. The van der Waals surface area contributed by atoms with Gasteiger partial charge in [0.05, 0.1) is 5.41 Å². The van der Waals surface area contributed by atoms with Gasteiger partial charge < -0.3 is 0 Å². The molecule has 0 aromatic rings. The van der Waals surface area contributed by atoms with Crippen LogP contribution in [0.4, 0.5) is 0 Å². The zero-order valence-electron chi connectivity index (χ0n) is 13.7. The molecule has 0 fully saturated rings. The number of unbranched alkanes of at least 4 members (excludes halogenated alkanes) is 3. The molecule has 0 N–H and O–H groups in total. The molecule has 0 radical (unpaired) electrons. The molecular formula is C16H32O3. The molecule has 3 heteroatoms. The number of rotatable bonds is 10. The van der Waals surface area contributed by atoms with Gasteiger partial charge in [0.25, 0.3) is 0 Å². The number of carbonyl (C=O) groups is 1. The van der Waals surface area contributed by atoms with Crippen LogP contribution in [0.1, 0.15) is 86.5 Å². The average molecular weight is 272 g/mol. The predicted octanol–water partition coefficient (Wildman–Crippen LogP) is 5.04. The minimum absolute atomic E-state index is 0.256. The molecule has 0 aromatic carbocycles. The summed E-state index contributed by atoms with van der Waals surface area (Å²) in [6, 6.07) is 0. The Labute approximate surface area is 119 Å². The summed E-state index contributed by atoms with van der Waals surface area (Å²) in [5, 5.41) is 0. The van der Waals surface area contributed by atoms with Crippen LogP contribution in [0.25, 0.3) is 0 Å². The van der Waals surface area contributed by atoms with Crippen molar-refractivity contribution in [2.45, 2.75) is 92.1 Å². The van der Waals surface area contributed by atoms with Gasteiger partial charge in [-0.2, -0.15) is 4.89 Å². The van der Waals surface area contributed by atoms with Crippen LogP contribution >= 0.6 is 0 Å². The molecule has 0 spiro atoms. The maximum absolute atomic E-state index is 12.0. The summed E-state index contributed by atoms with van der Waals surface area (Å²) in [7, 11) is 0. The average Bonchev–Trinajstić information content (AvgIpc) is 2.31. The minimum Gasteiger partial charge on any atom is -0.297 e. The molecule has 0 aliphatic rings. The highest BCUT2D eigenvalue weighted by molar-refractivity contribution is 5.75. The van der Waals surface area contributed by atoms with Crippen LogP contribution in [-0.2, 0) is 14.6 Å². The van der Waals surface area contributed by atoms with Crippen molar-refractivity contribution in [1.29, 1.82) is 0 Å². The lowest BCUT2D eigenvalue weighted by Crippen LogP contribution is -2.32. The van der Waals surface area contributed by atoms with E-state index in [2.05, 4.69) is 13.8 Å². The Bertz CT molecular complexity index is 257. The van der Waals surface area contributed by atoms with Crippen molar-refractivity contribution in [2.75, 3.05) is 0 Å². The lowest BCUT2D eigenvalue weighted by Gasteiger charge is -2.26. The number of hydrogen-bond acceptors (Lipinski definition) is 3. The van der Waals surface area contributed by atoms with Crippen molar-refractivity contribution in [3.8, 4) is 0 Å². The summed E-state index contributed by atoms with van der Waals surface area (Å²) >= 11 is 0. The second-order valence-corrected chi connectivity index (χ2v) is 6.66. The molecule has 3 nitrogen and oxygen atoms in total. The van der Waals surface area contributed by atoms with Gasteiger partial charge in [0.2, 0.25) is 0 Å². The zero-order chi connectivity index (χ0) is 14.9. The molecule has 114 valence electrons. The smallest absolute Gasteiger partial charge is 0.297 e. The monoisotopic (exact) mass is 272 g/mol. The molecule has 0 unspecified atom stereocenters. The van der Waals surface area contributed by atoms with Crippen LogP contribution < -0.4 is 0 Å². The van der Waals surface area contributed by atoms with Crippen molar-refractivity contribution >= 4 is 5.97 Å². The van der Waals surface area contributed by atoms with Crippen molar-refractivity contribution in [3.63, 3.8) is 0 Å². The van der Waals surface area contributed by atoms with E-state index in [-0.39, 0.29) is 5.97 Å². The molecule has 0 saturated carbocycles. The van der Waals surface area contributed by atoms with Gasteiger partial charge in [-0.3, -0.25) is 4.89 Å². The fraction of sp³-hybridized carbons (Fsp3) is 0.938. The molecule has 0 heterocycles. The summed E-state index contributed by atoms with van der Waals surface area (Å²) in [5.41, 5.74) is -0.862. The van der Waals surface area contributed by atoms with E-state index >= 15 is 0 Å². The van der Waals surface area contributed by atoms with E-state index in [1.807, 2.05) is 27.7 Å². The first kappa shape index (κ1) is 18.4. The first-order chi connectivity index (χ1) is 8.75. The zero-order valence-corrected chi connectivity index (χ0v) is 13.7. The van der Waals surface area contributed by atoms with Gasteiger partial charge >= 0.3 is 5.97 Å². The van der Waals surface area contributed by atoms with Gasteiger partial charge in [-0.1, -0.05) is 46.0 Å². The maximum Gasteiger partial charge on any atom is 0.347 e. The molecule has 0 aliphatic carbocycles. The third kappa shape index (κ3) is 8.25. The van der Waals surface area contributed by atoms with E-state index < -0.39 is 11.0 Å². The van der Waals surface area contributed by atoms with Gasteiger partial charge in [0, 0.05) is 0 Å². The van der Waals surface area contributed by atoms with Crippen LogP contribution in [0.3, 0.4) is 0 Å². The van der Waals surface area contributed by atoms with E-state index in [0.717, 1.165) is 25.7 Å². The van der Waals surface area contributed by atoms with E-state index in [1.165, 1.54) is 19.3 Å². The quantitative estimate of drug-likeness (QED) is 0.317. The molecule has 0 bridgehead atoms. The molecule has 0 aliphatic heterocycles. The Morgan fingerprint density at radius 3 is 2.05 bits per heavy atom.